The summed E-state index contributed by atoms with van der Waals surface area (Å²) in [6.45, 7) is 9.49. The molecule has 3 heterocycles. The number of nitrogens with zero attached hydrogens (tertiary/aromatic N) is 3. The quantitative estimate of drug-likeness (QED) is 0.0215. The highest BCUT2D eigenvalue weighted by Crippen LogP contribution is 2.19. The van der Waals surface area contributed by atoms with Gasteiger partial charge in [0.1, 0.15) is 19.6 Å². The van der Waals surface area contributed by atoms with Crippen LogP contribution in [0.4, 0.5) is 0 Å². The Kier molecular flexibility index (Phi) is 28.9. The Hall–Kier alpha value is -3.55. The molecule has 0 aliphatic carbocycles. The number of pyridine rings is 3. The zero-order valence-electron chi connectivity index (χ0n) is 40.8. The van der Waals surface area contributed by atoms with Crippen LogP contribution in [0.25, 0.3) is 0 Å². The molecule has 5 rings (SSSR count). The van der Waals surface area contributed by atoms with Gasteiger partial charge in [-0.2, -0.15) is 0 Å². The molecular weight excluding hydrogens is 1000 g/mol. The molecule has 3 aromatic heterocycles. The zero-order valence-corrected chi connectivity index (χ0v) is 45.5. The summed E-state index contributed by atoms with van der Waals surface area (Å²) in [4.78, 5) is 0. The maximum atomic E-state index is 3.53. The van der Waals surface area contributed by atoms with E-state index in [1.807, 2.05) is 0 Å². The normalized spacial score (nSPS) is 10.7. The van der Waals surface area contributed by atoms with Crippen LogP contribution in [0.1, 0.15) is 153 Å². The molecule has 3 nitrogen and oxygen atoms in total. The van der Waals surface area contributed by atoms with Gasteiger partial charge >= 0.3 is 0 Å². The van der Waals surface area contributed by atoms with E-state index in [9.17, 15) is 0 Å². The third-order valence-corrected chi connectivity index (χ3v) is 13.4. The largest absolute Gasteiger partial charge is 0.205 e. The SMILES string of the molecule is BrCCCCCc1cc(CCCCCBr)cc(CCCCCBr)c1.Cc1ccc[n+](CCCC#Cc2cc(C#CCCC[n+]3cccc(C)c3)cc(CCCCC[n+]3cccc(C)c3)c2)c1. The second-order valence-corrected chi connectivity index (χ2v) is 20.4. The van der Waals surface area contributed by atoms with Gasteiger partial charge in [-0.1, -0.05) is 109 Å². The van der Waals surface area contributed by atoms with Crippen LogP contribution in [-0.2, 0) is 45.3 Å². The summed E-state index contributed by atoms with van der Waals surface area (Å²) in [5.74, 6) is 13.7. The number of unbranched alkanes of at least 4 members (excludes halogenated alkanes) is 10. The van der Waals surface area contributed by atoms with Crippen molar-refractivity contribution in [1.82, 2.24) is 0 Å². The van der Waals surface area contributed by atoms with Crippen LogP contribution in [0.5, 0.6) is 0 Å². The monoisotopic (exact) mass is 1080 g/mol. The molecule has 0 fully saturated rings. The second kappa shape index (κ2) is 34.7. The summed E-state index contributed by atoms with van der Waals surface area (Å²) in [5, 5.41) is 3.41. The van der Waals surface area contributed by atoms with Gasteiger partial charge in [0.25, 0.3) is 0 Å². The van der Waals surface area contributed by atoms with Gasteiger partial charge < -0.3 is 0 Å². The summed E-state index contributed by atoms with van der Waals surface area (Å²) < 4.78 is 6.80. The first-order chi connectivity index (χ1) is 32.3. The van der Waals surface area contributed by atoms with E-state index in [0.29, 0.717) is 0 Å². The van der Waals surface area contributed by atoms with Crippen molar-refractivity contribution in [3.8, 4) is 23.7 Å². The predicted molar refractivity (Wildman–Crippen MR) is 291 cm³/mol. The van der Waals surface area contributed by atoms with E-state index in [1.54, 1.807) is 16.7 Å². The van der Waals surface area contributed by atoms with Gasteiger partial charge in [-0.25, -0.2) is 13.7 Å². The zero-order chi connectivity index (χ0) is 46.9. The number of aryl methyl sites for hydroxylation is 10. The summed E-state index contributed by atoms with van der Waals surface area (Å²) in [5.41, 5.74) is 12.1. The van der Waals surface area contributed by atoms with E-state index in [1.165, 1.54) is 119 Å². The molecule has 0 amide bonds. The Labute approximate surface area is 427 Å². The Morgan fingerprint density at radius 3 is 1.06 bits per heavy atom. The lowest BCUT2D eigenvalue weighted by molar-refractivity contribution is -0.697. The van der Waals surface area contributed by atoms with Crippen LogP contribution in [0.2, 0.25) is 0 Å². The number of aromatic nitrogens is 3. The molecule has 2 aromatic carbocycles. The first-order valence-corrected chi connectivity index (χ1v) is 28.5. The minimum Gasteiger partial charge on any atom is -0.205 e. The average Bonchev–Trinajstić information content (AvgIpc) is 3.31. The second-order valence-electron chi connectivity index (χ2n) is 18.1. The van der Waals surface area contributed by atoms with Gasteiger partial charge in [0.05, 0.1) is 0 Å². The average molecular weight is 1080 g/mol. The summed E-state index contributed by atoms with van der Waals surface area (Å²) in [6.07, 6.45) is 37.2. The van der Waals surface area contributed by atoms with Crippen LogP contribution in [0, 0.1) is 44.5 Å². The number of hydrogen-bond donors (Lipinski definition) is 0. The lowest BCUT2D eigenvalue weighted by atomic mass is 9.96. The summed E-state index contributed by atoms with van der Waals surface area (Å²) >= 11 is 10.6. The molecule has 0 aliphatic heterocycles. The van der Waals surface area contributed by atoms with Crippen molar-refractivity contribution in [2.75, 3.05) is 16.0 Å². The molecule has 0 unspecified atom stereocenters. The molecule has 66 heavy (non-hydrogen) atoms. The smallest absolute Gasteiger partial charge is 0.171 e. The highest BCUT2D eigenvalue weighted by Gasteiger charge is 2.06. The number of alkyl halides is 3. The molecule has 6 heteroatoms. The molecule has 0 saturated heterocycles. The lowest BCUT2D eigenvalue weighted by Gasteiger charge is -2.10. The standard InChI is InChI=1S/C39H46N3.C21H33Br3/c1-34-16-13-25-40(31-34)22-10-4-7-19-37-28-38(20-8-5-11-23-41-26-14-17-35(2)32-41)30-39(29-37)21-9-6-12-24-42-27-15-18-36(3)33-42;22-13-7-1-4-10-19-16-20(11-5-2-8-14-23)18-21(17-19)12-6-3-9-15-24/h13-18,25-33H,4-7,10-12,19,22-24H2,1-3H3;16-18H,1-15H2/q+3;. The number of halogens is 3. The highest BCUT2D eigenvalue weighted by atomic mass is 79.9. The van der Waals surface area contributed by atoms with Gasteiger partial charge in [0.15, 0.2) is 37.2 Å². The molecular formula is C60H79Br3N3+3. The third kappa shape index (κ3) is 25.0. The fourth-order valence-corrected chi connectivity index (χ4v) is 9.45. The maximum Gasteiger partial charge on any atom is 0.171 e. The molecule has 0 saturated carbocycles. The van der Waals surface area contributed by atoms with E-state index < -0.39 is 0 Å². The van der Waals surface area contributed by atoms with Gasteiger partial charge in [-0.05, 0) is 156 Å². The van der Waals surface area contributed by atoms with E-state index in [-0.39, 0.29) is 0 Å². The van der Waals surface area contributed by atoms with Gasteiger partial charge in [0.2, 0.25) is 0 Å². The molecule has 0 radical (unpaired) electrons. The van der Waals surface area contributed by atoms with Crippen LogP contribution in [0.15, 0.2) is 110 Å². The number of benzene rings is 2. The molecule has 0 atom stereocenters. The van der Waals surface area contributed by atoms with E-state index in [4.69, 9.17) is 0 Å². The first kappa shape index (κ1) is 55.0. The van der Waals surface area contributed by atoms with E-state index >= 15 is 0 Å². The van der Waals surface area contributed by atoms with Crippen molar-refractivity contribution in [2.24, 2.45) is 0 Å². The summed E-state index contributed by atoms with van der Waals surface area (Å²) in [6, 6.07) is 26.9. The topological polar surface area (TPSA) is 11.6 Å². The Morgan fingerprint density at radius 1 is 0.379 bits per heavy atom. The molecule has 0 spiro atoms. The van der Waals surface area contributed by atoms with Crippen molar-refractivity contribution in [1.29, 1.82) is 0 Å². The van der Waals surface area contributed by atoms with Crippen LogP contribution in [0.3, 0.4) is 0 Å². The van der Waals surface area contributed by atoms with Crippen molar-refractivity contribution in [2.45, 2.75) is 169 Å². The van der Waals surface area contributed by atoms with Crippen LogP contribution in [-0.4, -0.2) is 16.0 Å². The summed E-state index contributed by atoms with van der Waals surface area (Å²) in [7, 11) is 0. The van der Waals surface area contributed by atoms with Gasteiger partial charge in [0, 0.05) is 94.1 Å². The van der Waals surface area contributed by atoms with Gasteiger partial charge in [-0.3, -0.25) is 0 Å². The van der Waals surface area contributed by atoms with E-state index in [2.05, 4.69) is 216 Å². The van der Waals surface area contributed by atoms with Crippen molar-refractivity contribution in [3.63, 3.8) is 0 Å². The Morgan fingerprint density at radius 2 is 0.712 bits per heavy atom. The van der Waals surface area contributed by atoms with Crippen molar-refractivity contribution >= 4 is 47.8 Å². The Balaban J connectivity index is 0.000000338. The number of hydrogen-bond acceptors (Lipinski definition) is 0. The third-order valence-electron chi connectivity index (χ3n) is 11.7. The molecule has 352 valence electrons. The van der Waals surface area contributed by atoms with Crippen LogP contribution < -0.4 is 13.7 Å². The highest BCUT2D eigenvalue weighted by molar-refractivity contribution is 9.09. The predicted octanol–water partition coefficient (Wildman–Crippen LogP) is 14.6. The minimum absolute atomic E-state index is 0.888. The van der Waals surface area contributed by atoms with Crippen LogP contribution >= 0.6 is 47.8 Å². The van der Waals surface area contributed by atoms with Crippen molar-refractivity contribution in [3.05, 3.63) is 160 Å². The van der Waals surface area contributed by atoms with Crippen molar-refractivity contribution < 1.29 is 13.7 Å². The lowest BCUT2D eigenvalue weighted by Crippen LogP contribution is -2.32. The molecule has 0 bridgehead atoms. The number of rotatable bonds is 27. The minimum atomic E-state index is 0.888. The first-order valence-electron chi connectivity index (χ1n) is 25.1. The van der Waals surface area contributed by atoms with Gasteiger partial charge in [-0.15, -0.1) is 0 Å². The maximum absolute atomic E-state index is 3.53. The molecule has 5 aromatic rings. The fourth-order valence-electron chi connectivity index (χ4n) is 8.26. The molecule has 0 aliphatic rings. The van der Waals surface area contributed by atoms with E-state index in [0.717, 1.165) is 78.9 Å². The fraction of sp³-hybridized carbons (Fsp3) is 0.483. The molecule has 0 N–H and O–H groups in total. The Bertz CT molecular complexity index is 2080.